The molecule has 3 aromatic carbocycles. The Bertz CT molecular complexity index is 1180. The van der Waals surface area contributed by atoms with Gasteiger partial charge in [-0.15, -0.1) is 0 Å². The zero-order chi connectivity index (χ0) is 21.4. The van der Waals surface area contributed by atoms with E-state index in [0.717, 1.165) is 25.2 Å². The molecule has 0 aliphatic carbocycles. The van der Waals surface area contributed by atoms with Crippen LogP contribution in [-0.4, -0.2) is 37.3 Å². The summed E-state index contributed by atoms with van der Waals surface area (Å²) in [6.07, 6.45) is 0. The lowest BCUT2D eigenvalue weighted by Gasteiger charge is -2.24. The quantitative estimate of drug-likeness (QED) is 0.573. The molecular formula is C25H25ClN2O2S. The van der Waals surface area contributed by atoms with E-state index in [1.54, 1.807) is 28.6 Å². The Balaban J connectivity index is 1.47. The van der Waals surface area contributed by atoms with E-state index in [1.165, 1.54) is 11.1 Å². The molecule has 3 aromatic rings. The van der Waals surface area contributed by atoms with Crippen molar-refractivity contribution in [2.75, 3.05) is 19.6 Å². The maximum atomic E-state index is 13.5. The Kier molecular flexibility index (Phi) is 5.61. The van der Waals surface area contributed by atoms with Crippen molar-refractivity contribution in [3.05, 3.63) is 101 Å². The minimum atomic E-state index is -3.64. The Morgan fingerprint density at radius 3 is 2.45 bits per heavy atom. The maximum absolute atomic E-state index is 13.5. The molecule has 0 N–H and O–H groups in total. The third-order valence-electron chi connectivity index (χ3n) is 6.44. The van der Waals surface area contributed by atoms with E-state index in [0.29, 0.717) is 24.0 Å². The normalized spacial score (nSPS) is 22.0. The third kappa shape index (κ3) is 4.15. The SMILES string of the molecule is O=S(=O)(c1cccc(Cl)c1)N1Cc2ccccc2C2CN(Cc3ccccc3)CC2C1. The van der Waals surface area contributed by atoms with E-state index in [9.17, 15) is 8.42 Å². The Labute approximate surface area is 189 Å². The standard InChI is InChI=1S/C25H25ClN2O2S/c26-22-10-6-11-23(13-22)31(29,30)28-16-20-9-4-5-12-24(20)25-18-27(15-21(25)17-28)14-19-7-2-1-3-8-19/h1-13,21,25H,14-18H2. The minimum absolute atomic E-state index is 0.251. The van der Waals surface area contributed by atoms with Gasteiger partial charge < -0.3 is 0 Å². The van der Waals surface area contributed by atoms with E-state index in [1.807, 2.05) is 12.1 Å². The van der Waals surface area contributed by atoms with E-state index in [-0.39, 0.29) is 10.8 Å². The van der Waals surface area contributed by atoms with Crippen LogP contribution < -0.4 is 0 Å². The van der Waals surface area contributed by atoms with Crippen LogP contribution in [0.1, 0.15) is 22.6 Å². The van der Waals surface area contributed by atoms with Gasteiger partial charge in [0.2, 0.25) is 10.0 Å². The summed E-state index contributed by atoms with van der Waals surface area (Å²) in [5.74, 6) is 0.584. The fourth-order valence-electron chi connectivity index (χ4n) is 4.98. The Morgan fingerprint density at radius 1 is 0.871 bits per heavy atom. The van der Waals surface area contributed by atoms with Crippen LogP contribution >= 0.6 is 11.6 Å². The number of hydrogen-bond donors (Lipinski definition) is 0. The van der Waals surface area contributed by atoms with Crippen LogP contribution in [0.2, 0.25) is 5.02 Å². The summed E-state index contributed by atoms with van der Waals surface area (Å²) < 4.78 is 28.7. The van der Waals surface area contributed by atoms with Gasteiger partial charge >= 0.3 is 0 Å². The number of nitrogens with zero attached hydrogens (tertiary/aromatic N) is 2. The Hall–Kier alpha value is -2.18. The van der Waals surface area contributed by atoms with Crippen molar-refractivity contribution in [3.8, 4) is 0 Å². The van der Waals surface area contributed by atoms with Crippen LogP contribution in [0.5, 0.6) is 0 Å². The lowest BCUT2D eigenvalue weighted by atomic mass is 9.87. The van der Waals surface area contributed by atoms with Crippen LogP contribution in [-0.2, 0) is 23.1 Å². The number of benzene rings is 3. The average Bonchev–Trinajstić information content (AvgIpc) is 3.09. The second-order valence-electron chi connectivity index (χ2n) is 8.50. The molecule has 2 unspecified atom stereocenters. The lowest BCUT2D eigenvalue weighted by molar-refractivity contribution is 0.293. The van der Waals surface area contributed by atoms with Crippen molar-refractivity contribution in [2.24, 2.45) is 5.92 Å². The van der Waals surface area contributed by atoms with Crippen molar-refractivity contribution in [1.82, 2.24) is 9.21 Å². The molecular weight excluding hydrogens is 428 g/mol. The van der Waals surface area contributed by atoms with Gasteiger partial charge in [0.25, 0.3) is 0 Å². The monoisotopic (exact) mass is 452 g/mol. The van der Waals surface area contributed by atoms with Crippen molar-refractivity contribution in [2.45, 2.75) is 23.9 Å². The van der Waals surface area contributed by atoms with Gasteiger partial charge in [-0.2, -0.15) is 4.31 Å². The predicted molar refractivity (Wildman–Crippen MR) is 123 cm³/mol. The van der Waals surface area contributed by atoms with Crippen LogP contribution in [0.3, 0.4) is 0 Å². The molecule has 2 aliphatic rings. The number of likely N-dealkylation sites (tertiary alicyclic amines) is 1. The lowest BCUT2D eigenvalue weighted by Crippen LogP contribution is -2.35. The highest BCUT2D eigenvalue weighted by atomic mass is 35.5. The van der Waals surface area contributed by atoms with E-state index >= 15 is 0 Å². The molecule has 0 bridgehead atoms. The number of halogens is 1. The number of fused-ring (bicyclic) bond motifs is 3. The summed E-state index contributed by atoms with van der Waals surface area (Å²) in [6.45, 7) is 3.63. The Morgan fingerprint density at radius 2 is 1.65 bits per heavy atom. The van der Waals surface area contributed by atoms with Gasteiger partial charge in [0.15, 0.2) is 0 Å². The van der Waals surface area contributed by atoms with Gasteiger partial charge in [0, 0.05) is 43.7 Å². The first-order chi connectivity index (χ1) is 15.0. The molecule has 0 saturated carbocycles. The van der Waals surface area contributed by atoms with Gasteiger partial charge in [-0.1, -0.05) is 72.3 Å². The van der Waals surface area contributed by atoms with E-state index in [2.05, 4.69) is 47.4 Å². The fourth-order valence-corrected chi connectivity index (χ4v) is 6.76. The molecule has 0 radical (unpaired) electrons. The third-order valence-corrected chi connectivity index (χ3v) is 8.48. The first kappa shape index (κ1) is 20.7. The van der Waals surface area contributed by atoms with Crippen LogP contribution in [0.4, 0.5) is 0 Å². The first-order valence-electron chi connectivity index (χ1n) is 10.6. The molecule has 31 heavy (non-hydrogen) atoms. The molecule has 0 aromatic heterocycles. The summed E-state index contributed by atoms with van der Waals surface area (Å²) in [4.78, 5) is 2.71. The maximum Gasteiger partial charge on any atom is 0.243 e. The largest absolute Gasteiger partial charge is 0.298 e. The van der Waals surface area contributed by atoms with Crippen LogP contribution in [0.15, 0.2) is 83.8 Å². The molecule has 0 spiro atoms. The molecule has 0 amide bonds. The number of sulfonamides is 1. The highest BCUT2D eigenvalue weighted by Gasteiger charge is 2.41. The van der Waals surface area contributed by atoms with Crippen molar-refractivity contribution < 1.29 is 8.42 Å². The van der Waals surface area contributed by atoms with Gasteiger partial charge in [-0.05, 0) is 40.8 Å². The van der Waals surface area contributed by atoms with Crippen LogP contribution in [0.25, 0.3) is 0 Å². The molecule has 1 fully saturated rings. The summed E-state index contributed by atoms with van der Waals surface area (Å²) in [5, 5.41) is 0.434. The molecule has 2 atom stereocenters. The summed E-state index contributed by atoms with van der Waals surface area (Å²) in [7, 11) is -3.64. The van der Waals surface area contributed by atoms with E-state index < -0.39 is 10.0 Å². The molecule has 2 heterocycles. The molecule has 5 rings (SSSR count). The smallest absolute Gasteiger partial charge is 0.243 e. The second kappa shape index (κ2) is 8.40. The summed E-state index contributed by atoms with van der Waals surface area (Å²) in [5.41, 5.74) is 3.67. The topological polar surface area (TPSA) is 40.6 Å². The minimum Gasteiger partial charge on any atom is -0.298 e. The van der Waals surface area contributed by atoms with Crippen molar-refractivity contribution in [3.63, 3.8) is 0 Å². The van der Waals surface area contributed by atoms with Gasteiger partial charge in [-0.25, -0.2) is 8.42 Å². The molecule has 4 nitrogen and oxygen atoms in total. The zero-order valence-corrected chi connectivity index (χ0v) is 18.8. The fraction of sp³-hybridized carbons (Fsp3) is 0.280. The first-order valence-corrected chi connectivity index (χ1v) is 12.4. The van der Waals surface area contributed by atoms with Crippen molar-refractivity contribution >= 4 is 21.6 Å². The highest BCUT2D eigenvalue weighted by Crippen LogP contribution is 2.40. The molecule has 160 valence electrons. The number of rotatable bonds is 4. The molecule has 1 saturated heterocycles. The highest BCUT2D eigenvalue weighted by molar-refractivity contribution is 7.89. The molecule has 2 aliphatic heterocycles. The van der Waals surface area contributed by atoms with Gasteiger partial charge in [0.05, 0.1) is 4.90 Å². The second-order valence-corrected chi connectivity index (χ2v) is 10.9. The summed E-state index contributed by atoms with van der Waals surface area (Å²) >= 11 is 6.10. The van der Waals surface area contributed by atoms with Crippen LogP contribution in [0, 0.1) is 5.92 Å². The zero-order valence-electron chi connectivity index (χ0n) is 17.2. The van der Waals surface area contributed by atoms with Gasteiger partial charge in [0.1, 0.15) is 0 Å². The predicted octanol–water partition coefficient (Wildman–Crippen LogP) is 4.76. The molecule has 6 heteroatoms. The summed E-state index contributed by atoms with van der Waals surface area (Å²) in [6, 6.07) is 25.4. The average molecular weight is 453 g/mol. The van der Waals surface area contributed by atoms with E-state index in [4.69, 9.17) is 11.6 Å². The van der Waals surface area contributed by atoms with Crippen molar-refractivity contribution in [1.29, 1.82) is 0 Å². The number of hydrogen-bond acceptors (Lipinski definition) is 3. The van der Waals surface area contributed by atoms with Gasteiger partial charge in [-0.3, -0.25) is 4.90 Å².